The molecule has 47 heavy (non-hydrogen) atoms. The number of carbonyl (C=O) groups excluding carboxylic acids is 3. The minimum atomic E-state index is -1.51. The molecule has 1 aliphatic rings. The van der Waals surface area contributed by atoms with E-state index >= 15 is 0 Å². The molecule has 4 atom stereocenters. The Morgan fingerprint density at radius 1 is 0.979 bits per heavy atom. The molecule has 0 unspecified atom stereocenters. The summed E-state index contributed by atoms with van der Waals surface area (Å²) in [6.45, 7) is 5.74. The van der Waals surface area contributed by atoms with Crippen molar-refractivity contribution >= 4 is 35.0 Å². The van der Waals surface area contributed by atoms with Crippen LogP contribution in [0.15, 0.2) is 71.8 Å². The normalized spacial score (nSPS) is 20.7. The first kappa shape index (κ1) is 33.4. The summed E-state index contributed by atoms with van der Waals surface area (Å²) in [5, 5.41) is 2.59. The highest BCUT2D eigenvalue weighted by Crippen LogP contribution is 2.43. The highest BCUT2D eigenvalue weighted by Gasteiger charge is 2.60. The number of nitrogens with zero attached hydrogens (tertiary/aromatic N) is 3. The van der Waals surface area contributed by atoms with Crippen LogP contribution in [0, 0.1) is 5.92 Å². The first-order chi connectivity index (χ1) is 22.6. The lowest BCUT2D eigenvalue weighted by Gasteiger charge is -2.34. The summed E-state index contributed by atoms with van der Waals surface area (Å²) >= 11 is 0. The minimum Gasteiger partial charge on any atom is -0.463 e. The molecule has 0 spiro atoms. The molecule has 248 valence electrons. The van der Waals surface area contributed by atoms with E-state index in [-0.39, 0.29) is 55.4 Å². The van der Waals surface area contributed by atoms with Gasteiger partial charge in [0, 0.05) is 19.8 Å². The van der Waals surface area contributed by atoms with Crippen LogP contribution in [0.4, 0.5) is 5.95 Å². The zero-order valence-electron chi connectivity index (χ0n) is 26.5. The standard InChI is InChI=1S/C33H37N5O9/c1-20(2)29(41)36-32-35-28-25(30(42)37-32)34-19-38(28)31-26(46-22(4)40)27(44-16-24-13-9-6-10-14-24)33(47-31,18-45-21(3)39)17-43-15-23-11-7-5-8-12-23/h5-14,19-20,26-27,31H,15-18H2,1-4H3,(H2,35,36,37,41,42)/t26-,27+,31-,33+/m1/s1. The third-order valence-corrected chi connectivity index (χ3v) is 7.48. The molecule has 2 aromatic carbocycles. The number of fused-ring (bicyclic) bond motifs is 1. The van der Waals surface area contributed by atoms with Crippen LogP contribution in [0.3, 0.4) is 0 Å². The minimum absolute atomic E-state index is 0.0442. The molecule has 1 fully saturated rings. The van der Waals surface area contributed by atoms with Crippen molar-refractivity contribution in [3.05, 3.63) is 88.5 Å². The van der Waals surface area contributed by atoms with Gasteiger partial charge < -0.3 is 23.7 Å². The van der Waals surface area contributed by atoms with E-state index in [1.54, 1.807) is 13.8 Å². The highest BCUT2D eigenvalue weighted by molar-refractivity contribution is 5.91. The lowest BCUT2D eigenvalue weighted by molar-refractivity contribution is -0.189. The summed E-state index contributed by atoms with van der Waals surface area (Å²) in [4.78, 5) is 61.3. The van der Waals surface area contributed by atoms with Gasteiger partial charge in [0.1, 0.15) is 12.7 Å². The van der Waals surface area contributed by atoms with E-state index in [4.69, 9.17) is 23.7 Å². The predicted octanol–water partition coefficient (Wildman–Crippen LogP) is 3.28. The number of esters is 2. The highest BCUT2D eigenvalue weighted by atomic mass is 16.7. The number of rotatable bonds is 13. The molecule has 0 saturated carbocycles. The molecule has 0 aliphatic carbocycles. The van der Waals surface area contributed by atoms with Crippen molar-refractivity contribution in [2.45, 2.75) is 64.9 Å². The van der Waals surface area contributed by atoms with Crippen LogP contribution >= 0.6 is 0 Å². The van der Waals surface area contributed by atoms with Gasteiger partial charge in [-0.1, -0.05) is 74.5 Å². The monoisotopic (exact) mass is 647 g/mol. The number of amides is 1. The van der Waals surface area contributed by atoms with E-state index < -0.39 is 41.5 Å². The van der Waals surface area contributed by atoms with E-state index in [0.717, 1.165) is 11.1 Å². The first-order valence-corrected chi connectivity index (χ1v) is 15.1. The van der Waals surface area contributed by atoms with Crippen LogP contribution in [0.25, 0.3) is 11.2 Å². The maximum Gasteiger partial charge on any atom is 0.303 e. The summed E-state index contributed by atoms with van der Waals surface area (Å²) in [5.74, 6) is -2.05. The zero-order chi connectivity index (χ0) is 33.6. The summed E-state index contributed by atoms with van der Waals surface area (Å²) in [6, 6.07) is 18.8. The fraction of sp³-hybridized carbons (Fsp3) is 0.394. The Labute approximate surface area is 270 Å². The second-order valence-corrected chi connectivity index (χ2v) is 11.5. The van der Waals surface area contributed by atoms with Gasteiger partial charge in [0.15, 0.2) is 29.1 Å². The van der Waals surface area contributed by atoms with Gasteiger partial charge in [-0.2, -0.15) is 4.98 Å². The van der Waals surface area contributed by atoms with Gasteiger partial charge in [-0.05, 0) is 11.1 Å². The number of hydrogen-bond acceptors (Lipinski definition) is 11. The quantitative estimate of drug-likeness (QED) is 0.204. The van der Waals surface area contributed by atoms with Crippen molar-refractivity contribution in [3.63, 3.8) is 0 Å². The van der Waals surface area contributed by atoms with Crippen LogP contribution in [0.2, 0.25) is 0 Å². The lowest BCUT2D eigenvalue weighted by atomic mass is 9.96. The van der Waals surface area contributed by atoms with Gasteiger partial charge in [0.05, 0.1) is 26.1 Å². The number of anilines is 1. The van der Waals surface area contributed by atoms with E-state index in [1.165, 1.54) is 24.7 Å². The molecular weight excluding hydrogens is 610 g/mol. The fourth-order valence-corrected chi connectivity index (χ4v) is 5.20. The Balaban J connectivity index is 1.59. The van der Waals surface area contributed by atoms with Crippen molar-refractivity contribution in [2.24, 2.45) is 5.92 Å². The van der Waals surface area contributed by atoms with Crippen molar-refractivity contribution < 1.29 is 38.1 Å². The molecule has 14 heteroatoms. The van der Waals surface area contributed by atoms with Crippen molar-refractivity contribution in [1.29, 1.82) is 0 Å². The number of benzene rings is 2. The number of carbonyl (C=O) groups is 3. The van der Waals surface area contributed by atoms with Gasteiger partial charge in [-0.15, -0.1) is 0 Å². The molecule has 1 amide bonds. The van der Waals surface area contributed by atoms with Gasteiger partial charge in [-0.25, -0.2) is 4.98 Å². The van der Waals surface area contributed by atoms with Crippen LogP contribution in [-0.4, -0.2) is 68.4 Å². The molecule has 1 saturated heterocycles. The molecule has 14 nitrogen and oxygen atoms in total. The molecule has 2 N–H and O–H groups in total. The third-order valence-electron chi connectivity index (χ3n) is 7.48. The lowest BCUT2D eigenvalue weighted by Crippen LogP contribution is -2.53. The predicted molar refractivity (Wildman–Crippen MR) is 168 cm³/mol. The zero-order valence-corrected chi connectivity index (χ0v) is 26.5. The molecular formula is C33H37N5O9. The Bertz CT molecular complexity index is 1760. The fourth-order valence-electron chi connectivity index (χ4n) is 5.20. The van der Waals surface area contributed by atoms with Crippen LogP contribution in [-0.2, 0) is 51.3 Å². The molecule has 3 heterocycles. The van der Waals surface area contributed by atoms with E-state index in [2.05, 4.69) is 20.3 Å². The number of nitrogens with one attached hydrogen (secondary N) is 2. The molecule has 1 aliphatic heterocycles. The van der Waals surface area contributed by atoms with Crippen molar-refractivity contribution in [2.75, 3.05) is 18.5 Å². The van der Waals surface area contributed by atoms with Crippen LogP contribution in [0.5, 0.6) is 0 Å². The Hall–Kier alpha value is -4.92. The van der Waals surface area contributed by atoms with Crippen LogP contribution in [0.1, 0.15) is 45.0 Å². The maximum absolute atomic E-state index is 13.0. The van der Waals surface area contributed by atoms with E-state index in [9.17, 15) is 19.2 Å². The number of H-pyrrole nitrogens is 1. The van der Waals surface area contributed by atoms with E-state index in [1.807, 2.05) is 60.7 Å². The van der Waals surface area contributed by atoms with Gasteiger partial charge in [0.2, 0.25) is 11.9 Å². The summed E-state index contributed by atoms with van der Waals surface area (Å²) in [7, 11) is 0. The Kier molecular flexibility index (Phi) is 10.4. The van der Waals surface area contributed by atoms with Crippen LogP contribution < -0.4 is 10.9 Å². The molecule has 5 rings (SSSR count). The van der Waals surface area contributed by atoms with Gasteiger partial charge in [0.25, 0.3) is 5.56 Å². The number of imidazole rings is 1. The molecule has 4 aromatic rings. The average molecular weight is 648 g/mol. The number of aromatic amines is 1. The molecule has 2 aromatic heterocycles. The Morgan fingerprint density at radius 3 is 2.26 bits per heavy atom. The van der Waals surface area contributed by atoms with Gasteiger partial charge >= 0.3 is 11.9 Å². The second kappa shape index (κ2) is 14.7. The number of hydrogen-bond donors (Lipinski definition) is 2. The maximum atomic E-state index is 13.0. The number of aromatic nitrogens is 4. The SMILES string of the molecule is CC(=O)OC[C@]1(COCc2ccccc2)O[C@@H](n2cnc3c(=O)[nH]c(NC(=O)C(C)C)nc32)[C@H](OC(C)=O)[C@@H]1OCc1ccccc1. The Morgan fingerprint density at radius 2 is 1.64 bits per heavy atom. The summed E-state index contributed by atoms with van der Waals surface area (Å²) < 4.78 is 32.1. The van der Waals surface area contributed by atoms with E-state index in [0.29, 0.717) is 0 Å². The smallest absolute Gasteiger partial charge is 0.303 e. The number of ether oxygens (including phenoxy) is 5. The first-order valence-electron chi connectivity index (χ1n) is 15.1. The summed E-state index contributed by atoms with van der Waals surface area (Å²) in [5.41, 5.74) is -0.391. The second-order valence-electron chi connectivity index (χ2n) is 11.5. The summed E-state index contributed by atoms with van der Waals surface area (Å²) in [6.07, 6.45) is -2.06. The van der Waals surface area contributed by atoms with Crippen molar-refractivity contribution in [3.8, 4) is 0 Å². The molecule has 0 radical (unpaired) electrons. The van der Waals surface area contributed by atoms with Crippen molar-refractivity contribution in [1.82, 2.24) is 19.5 Å². The average Bonchev–Trinajstić information content (AvgIpc) is 3.59. The van der Waals surface area contributed by atoms with Gasteiger partial charge in [-0.3, -0.25) is 34.0 Å². The molecule has 0 bridgehead atoms. The largest absolute Gasteiger partial charge is 0.463 e. The third kappa shape index (κ3) is 7.91. The topological polar surface area (TPSA) is 173 Å².